The molecule has 2 N–H and O–H groups in total. The fraction of sp³-hybridized carbons (Fsp3) is 0.500. The van der Waals surface area contributed by atoms with E-state index in [-0.39, 0.29) is 5.82 Å². The van der Waals surface area contributed by atoms with Crippen molar-refractivity contribution in [2.75, 3.05) is 5.73 Å². The molecule has 0 spiro atoms. The Kier molecular flexibility index (Phi) is 1.99. The maximum Gasteiger partial charge on any atom is 0.408 e. The van der Waals surface area contributed by atoms with Crippen LogP contribution in [0, 0.1) is 6.92 Å². The number of nitrogens with two attached hydrogens (primary N) is 1. The molecule has 0 aliphatic heterocycles. The molecule has 0 atom stereocenters. The Bertz CT molecular complexity index is 276. The Morgan fingerprint density at radius 3 is 2.50 bits per heavy atom. The van der Waals surface area contributed by atoms with Gasteiger partial charge in [-0.05, 0) is 6.92 Å². The molecule has 0 saturated carbocycles. The lowest BCUT2D eigenvalue weighted by Crippen LogP contribution is -2.19. The fourth-order valence-electron chi connectivity index (χ4n) is 0.866. The van der Waals surface area contributed by atoms with E-state index in [9.17, 15) is 13.2 Å². The molecular formula is C6H8F3N3. The maximum atomic E-state index is 11.8. The molecule has 0 radical (unpaired) electrons. The van der Waals surface area contributed by atoms with E-state index in [4.69, 9.17) is 5.73 Å². The number of aromatic nitrogens is 2. The molecule has 0 saturated heterocycles. The number of nitrogen functional groups attached to an aromatic ring is 1. The molecule has 1 aromatic heterocycles. The monoisotopic (exact) mass is 179 g/mol. The first-order chi connectivity index (χ1) is 5.38. The summed E-state index contributed by atoms with van der Waals surface area (Å²) in [5.74, 6) is 0.108. The van der Waals surface area contributed by atoms with Gasteiger partial charge in [-0.2, -0.15) is 18.3 Å². The molecule has 68 valence electrons. The van der Waals surface area contributed by atoms with Gasteiger partial charge in [0.05, 0.1) is 0 Å². The second-order valence-corrected chi connectivity index (χ2v) is 2.48. The third-order valence-electron chi connectivity index (χ3n) is 1.33. The van der Waals surface area contributed by atoms with Gasteiger partial charge in [0.15, 0.2) is 0 Å². The van der Waals surface area contributed by atoms with Crippen molar-refractivity contribution in [1.82, 2.24) is 9.78 Å². The smallest absolute Gasteiger partial charge is 0.382 e. The SMILES string of the molecule is Cc1cc(N)nn1CC(F)(F)F. The van der Waals surface area contributed by atoms with Crippen LogP contribution in [0.4, 0.5) is 19.0 Å². The van der Waals surface area contributed by atoms with Crippen molar-refractivity contribution < 1.29 is 13.2 Å². The zero-order valence-corrected chi connectivity index (χ0v) is 6.39. The molecule has 3 nitrogen and oxygen atoms in total. The highest BCUT2D eigenvalue weighted by molar-refractivity contribution is 5.28. The minimum Gasteiger partial charge on any atom is -0.382 e. The third kappa shape index (κ3) is 2.14. The molecule has 0 bridgehead atoms. The molecule has 6 heteroatoms. The Morgan fingerprint density at radius 2 is 2.17 bits per heavy atom. The van der Waals surface area contributed by atoms with Gasteiger partial charge in [0.1, 0.15) is 12.4 Å². The predicted octanol–water partition coefficient (Wildman–Crippen LogP) is 1.34. The number of alkyl halides is 3. The molecule has 0 unspecified atom stereocenters. The summed E-state index contributed by atoms with van der Waals surface area (Å²) in [7, 11) is 0. The standard InChI is InChI=1S/C6H8F3N3/c1-4-2-5(10)11-12(4)3-6(7,8)9/h2H,3H2,1H3,(H2,10,11). The van der Waals surface area contributed by atoms with Crippen LogP contribution in [0.5, 0.6) is 0 Å². The van der Waals surface area contributed by atoms with Crippen molar-refractivity contribution in [1.29, 1.82) is 0 Å². The van der Waals surface area contributed by atoms with Crippen LogP contribution in [-0.2, 0) is 6.54 Å². The van der Waals surface area contributed by atoms with Gasteiger partial charge < -0.3 is 5.73 Å². The van der Waals surface area contributed by atoms with Crippen LogP contribution < -0.4 is 5.73 Å². The highest BCUT2D eigenvalue weighted by atomic mass is 19.4. The average molecular weight is 179 g/mol. The molecule has 0 fully saturated rings. The van der Waals surface area contributed by atoms with E-state index in [1.54, 1.807) is 0 Å². The number of anilines is 1. The Balaban J connectivity index is 2.82. The minimum absolute atomic E-state index is 0.108. The largest absolute Gasteiger partial charge is 0.408 e. The maximum absolute atomic E-state index is 11.8. The first kappa shape index (κ1) is 8.89. The minimum atomic E-state index is -4.25. The van der Waals surface area contributed by atoms with E-state index in [0.717, 1.165) is 4.68 Å². The number of nitrogens with zero attached hydrogens (tertiary/aromatic N) is 2. The molecule has 12 heavy (non-hydrogen) atoms. The number of rotatable bonds is 1. The number of aryl methyl sites for hydroxylation is 1. The molecule has 0 aromatic carbocycles. The highest BCUT2D eigenvalue weighted by Crippen LogP contribution is 2.18. The summed E-state index contributed by atoms with van der Waals surface area (Å²) in [6.45, 7) is 0.436. The van der Waals surface area contributed by atoms with Crippen LogP contribution in [0.2, 0.25) is 0 Å². The van der Waals surface area contributed by atoms with Crippen molar-refractivity contribution in [2.24, 2.45) is 0 Å². The van der Waals surface area contributed by atoms with Gasteiger partial charge in [-0.15, -0.1) is 0 Å². The number of halogens is 3. The van der Waals surface area contributed by atoms with Crippen LogP contribution in [-0.4, -0.2) is 16.0 Å². The quantitative estimate of drug-likeness (QED) is 0.706. The van der Waals surface area contributed by atoms with Gasteiger partial charge >= 0.3 is 6.18 Å². The Morgan fingerprint density at radius 1 is 1.58 bits per heavy atom. The number of hydrogen-bond acceptors (Lipinski definition) is 2. The molecular weight excluding hydrogens is 171 g/mol. The van der Waals surface area contributed by atoms with Crippen LogP contribution in [0.3, 0.4) is 0 Å². The van der Waals surface area contributed by atoms with E-state index in [2.05, 4.69) is 5.10 Å². The number of hydrogen-bond donors (Lipinski definition) is 1. The molecule has 0 amide bonds. The van der Waals surface area contributed by atoms with Gasteiger partial charge in [-0.3, -0.25) is 4.68 Å². The zero-order valence-electron chi connectivity index (χ0n) is 6.39. The van der Waals surface area contributed by atoms with Crippen LogP contribution >= 0.6 is 0 Å². The van der Waals surface area contributed by atoms with Gasteiger partial charge in [-0.25, -0.2) is 0 Å². The Hall–Kier alpha value is -1.20. The van der Waals surface area contributed by atoms with Crippen molar-refractivity contribution in [3.05, 3.63) is 11.8 Å². The van der Waals surface area contributed by atoms with Gasteiger partial charge in [0.2, 0.25) is 0 Å². The molecule has 0 aliphatic carbocycles. The summed E-state index contributed by atoms with van der Waals surface area (Å²) in [6, 6.07) is 1.39. The summed E-state index contributed by atoms with van der Waals surface area (Å²) in [4.78, 5) is 0. The lowest BCUT2D eigenvalue weighted by atomic mass is 10.4. The van der Waals surface area contributed by atoms with E-state index in [0.29, 0.717) is 5.69 Å². The molecule has 0 aliphatic rings. The predicted molar refractivity (Wildman–Crippen MR) is 37.4 cm³/mol. The summed E-state index contributed by atoms with van der Waals surface area (Å²) in [5.41, 5.74) is 5.61. The molecule has 1 heterocycles. The van der Waals surface area contributed by atoms with E-state index >= 15 is 0 Å². The van der Waals surface area contributed by atoms with Crippen molar-refractivity contribution in [3.63, 3.8) is 0 Å². The van der Waals surface area contributed by atoms with Crippen molar-refractivity contribution in [3.8, 4) is 0 Å². The normalized spacial score (nSPS) is 12.0. The van der Waals surface area contributed by atoms with Crippen LogP contribution in [0.15, 0.2) is 6.07 Å². The van der Waals surface area contributed by atoms with Gasteiger partial charge in [0.25, 0.3) is 0 Å². The second-order valence-electron chi connectivity index (χ2n) is 2.48. The van der Waals surface area contributed by atoms with E-state index in [1.165, 1.54) is 13.0 Å². The zero-order chi connectivity index (χ0) is 9.35. The lowest BCUT2D eigenvalue weighted by molar-refractivity contribution is -0.142. The van der Waals surface area contributed by atoms with E-state index in [1.807, 2.05) is 0 Å². The molecule has 1 rings (SSSR count). The molecule has 1 aromatic rings. The topological polar surface area (TPSA) is 43.8 Å². The summed E-state index contributed by atoms with van der Waals surface area (Å²) < 4.78 is 36.3. The van der Waals surface area contributed by atoms with Crippen molar-refractivity contribution in [2.45, 2.75) is 19.6 Å². The highest BCUT2D eigenvalue weighted by Gasteiger charge is 2.29. The lowest BCUT2D eigenvalue weighted by Gasteiger charge is -2.07. The Labute approximate surface area is 67.0 Å². The van der Waals surface area contributed by atoms with Crippen LogP contribution in [0.1, 0.15) is 5.69 Å². The van der Waals surface area contributed by atoms with Crippen LogP contribution in [0.25, 0.3) is 0 Å². The van der Waals surface area contributed by atoms with Crippen molar-refractivity contribution >= 4 is 5.82 Å². The first-order valence-electron chi connectivity index (χ1n) is 3.25. The summed E-state index contributed by atoms with van der Waals surface area (Å²) in [5, 5.41) is 3.47. The average Bonchev–Trinajstić information content (AvgIpc) is 2.06. The fourth-order valence-corrected chi connectivity index (χ4v) is 0.866. The summed E-state index contributed by atoms with van der Waals surface area (Å²) in [6.07, 6.45) is -4.25. The summed E-state index contributed by atoms with van der Waals surface area (Å²) >= 11 is 0. The third-order valence-corrected chi connectivity index (χ3v) is 1.33. The van der Waals surface area contributed by atoms with Gasteiger partial charge in [0, 0.05) is 11.8 Å². The second kappa shape index (κ2) is 2.69. The van der Waals surface area contributed by atoms with E-state index < -0.39 is 12.7 Å². The van der Waals surface area contributed by atoms with Gasteiger partial charge in [-0.1, -0.05) is 0 Å². The first-order valence-corrected chi connectivity index (χ1v) is 3.25.